The molecule has 0 aromatic heterocycles. The second-order valence-corrected chi connectivity index (χ2v) is 6.66. The van der Waals surface area contributed by atoms with Gasteiger partial charge in [-0.3, -0.25) is 4.90 Å². The Morgan fingerprint density at radius 1 is 0.875 bits per heavy atom. The number of nitrogens with zero attached hydrogens (tertiary/aromatic N) is 1. The minimum atomic E-state index is 0.826. The first-order valence-electron chi connectivity index (χ1n) is 7.38. The van der Waals surface area contributed by atoms with Crippen LogP contribution in [0, 0.1) is 11.8 Å². The Balaban J connectivity index is 1.47. The Bertz CT molecular complexity index is 278. The van der Waals surface area contributed by atoms with Crippen LogP contribution in [0.3, 0.4) is 0 Å². The molecule has 4 fully saturated rings. The maximum atomic E-state index is 3.81. The number of hydrogen-bond acceptors (Lipinski definition) is 2. The van der Waals surface area contributed by atoms with Gasteiger partial charge in [-0.15, -0.1) is 0 Å². The normalized spacial score (nSPS) is 52.1. The summed E-state index contributed by atoms with van der Waals surface area (Å²) in [6.07, 6.45) is 10.4. The van der Waals surface area contributed by atoms with Crippen molar-refractivity contribution < 1.29 is 0 Å². The molecule has 2 aliphatic heterocycles. The second-order valence-electron chi connectivity index (χ2n) is 6.66. The van der Waals surface area contributed by atoms with Gasteiger partial charge in [0.1, 0.15) is 0 Å². The maximum absolute atomic E-state index is 3.81. The quantitative estimate of drug-likeness (QED) is 0.727. The van der Waals surface area contributed by atoms with Crippen LogP contribution in [-0.2, 0) is 0 Å². The van der Waals surface area contributed by atoms with Crippen LogP contribution in [0.4, 0.5) is 0 Å². The molecule has 0 spiro atoms. The summed E-state index contributed by atoms with van der Waals surface area (Å²) in [6, 6.07) is 2.65. The first kappa shape index (κ1) is 9.90. The van der Waals surface area contributed by atoms with Crippen molar-refractivity contribution in [3.63, 3.8) is 0 Å². The number of nitrogens with one attached hydrogen (secondary N) is 1. The fraction of sp³-hybridized carbons (Fsp3) is 1.00. The first-order valence-corrected chi connectivity index (χ1v) is 7.38. The Morgan fingerprint density at radius 2 is 1.81 bits per heavy atom. The Morgan fingerprint density at radius 3 is 2.62 bits per heavy atom. The summed E-state index contributed by atoms with van der Waals surface area (Å²) >= 11 is 0. The lowest BCUT2D eigenvalue weighted by atomic mass is 9.93. The van der Waals surface area contributed by atoms with Crippen molar-refractivity contribution in [2.45, 2.75) is 63.1 Å². The topological polar surface area (TPSA) is 15.3 Å². The molecule has 16 heavy (non-hydrogen) atoms. The van der Waals surface area contributed by atoms with E-state index in [1.807, 2.05) is 0 Å². The van der Waals surface area contributed by atoms with Crippen molar-refractivity contribution >= 4 is 0 Å². The van der Waals surface area contributed by atoms with Crippen molar-refractivity contribution in [3.05, 3.63) is 0 Å². The van der Waals surface area contributed by atoms with Gasteiger partial charge in [0.25, 0.3) is 0 Å². The summed E-state index contributed by atoms with van der Waals surface area (Å²) in [4.78, 5) is 2.86. The van der Waals surface area contributed by atoms with Crippen molar-refractivity contribution in [2.75, 3.05) is 13.1 Å². The van der Waals surface area contributed by atoms with Gasteiger partial charge in [0, 0.05) is 24.7 Å². The lowest BCUT2D eigenvalue weighted by molar-refractivity contribution is 0.136. The van der Waals surface area contributed by atoms with Gasteiger partial charge in [0.15, 0.2) is 0 Å². The lowest BCUT2D eigenvalue weighted by Gasteiger charge is -2.35. The molecule has 1 N–H and O–H groups in total. The molecule has 0 radical (unpaired) electrons. The third-order valence-corrected chi connectivity index (χ3v) is 5.72. The first-order chi connectivity index (χ1) is 7.88. The highest BCUT2D eigenvalue weighted by Crippen LogP contribution is 2.47. The van der Waals surface area contributed by atoms with Crippen LogP contribution in [0.2, 0.25) is 0 Å². The molecule has 2 heteroatoms. The number of rotatable bonds is 1. The lowest BCUT2D eigenvalue weighted by Crippen LogP contribution is -2.44. The van der Waals surface area contributed by atoms with Gasteiger partial charge in [0.2, 0.25) is 0 Å². The minimum absolute atomic E-state index is 0.826. The predicted molar refractivity (Wildman–Crippen MR) is 65.4 cm³/mol. The van der Waals surface area contributed by atoms with Gasteiger partial charge in [-0.05, 0) is 56.9 Å². The fourth-order valence-electron chi connectivity index (χ4n) is 4.93. The molecular formula is C14H24N2. The monoisotopic (exact) mass is 220 g/mol. The van der Waals surface area contributed by atoms with Gasteiger partial charge in [-0.1, -0.05) is 6.42 Å². The van der Waals surface area contributed by atoms with Crippen LogP contribution in [0.25, 0.3) is 0 Å². The van der Waals surface area contributed by atoms with Crippen LogP contribution in [0.1, 0.15) is 44.9 Å². The molecule has 5 unspecified atom stereocenters. The summed E-state index contributed by atoms with van der Waals surface area (Å²) in [6.45, 7) is 2.73. The average Bonchev–Trinajstić information content (AvgIpc) is 2.93. The van der Waals surface area contributed by atoms with Crippen molar-refractivity contribution in [1.29, 1.82) is 0 Å². The number of hydrogen-bond donors (Lipinski definition) is 1. The van der Waals surface area contributed by atoms with E-state index < -0.39 is 0 Å². The Kier molecular flexibility index (Phi) is 2.29. The summed E-state index contributed by atoms with van der Waals surface area (Å²) in [5, 5.41) is 3.81. The Labute approximate surface area is 98.8 Å². The smallest absolute Gasteiger partial charge is 0.0198 e. The van der Waals surface area contributed by atoms with Crippen molar-refractivity contribution in [2.24, 2.45) is 11.8 Å². The van der Waals surface area contributed by atoms with E-state index in [0.717, 1.165) is 30.0 Å². The standard InChI is InChI=1S/C14H24N2/c1-2-11-7-10(1)8-14(11)16-6-5-12-3-4-13(9-16)15-12/h10-15H,1-9H2. The summed E-state index contributed by atoms with van der Waals surface area (Å²) in [7, 11) is 0. The fourth-order valence-corrected chi connectivity index (χ4v) is 4.93. The van der Waals surface area contributed by atoms with E-state index in [0.29, 0.717) is 0 Å². The summed E-state index contributed by atoms with van der Waals surface area (Å²) in [5.41, 5.74) is 0. The van der Waals surface area contributed by atoms with E-state index in [-0.39, 0.29) is 0 Å². The second kappa shape index (κ2) is 3.71. The third-order valence-electron chi connectivity index (χ3n) is 5.72. The van der Waals surface area contributed by atoms with E-state index in [9.17, 15) is 0 Å². The number of fused-ring (bicyclic) bond motifs is 4. The van der Waals surface area contributed by atoms with E-state index in [1.54, 1.807) is 12.8 Å². The van der Waals surface area contributed by atoms with Crippen LogP contribution in [-0.4, -0.2) is 36.1 Å². The predicted octanol–water partition coefficient (Wildman–Crippen LogP) is 2.00. The molecule has 0 aromatic carbocycles. The zero-order valence-electron chi connectivity index (χ0n) is 10.2. The van der Waals surface area contributed by atoms with Crippen LogP contribution < -0.4 is 5.32 Å². The van der Waals surface area contributed by atoms with E-state index in [1.165, 1.54) is 45.2 Å². The molecule has 4 aliphatic rings. The van der Waals surface area contributed by atoms with Crippen LogP contribution >= 0.6 is 0 Å². The summed E-state index contributed by atoms with van der Waals surface area (Å²) in [5.74, 6) is 2.17. The highest BCUT2D eigenvalue weighted by atomic mass is 15.2. The molecule has 2 nitrogen and oxygen atoms in total. The van der Waals surface area contributed by atoms with Crippen molar-refractivity contribution in [1.82, 2.24) is 10.2 Å². The number of likely N-dealkylation sites (tertiary alicyclic amines) is 1. The van der Waals surface area contributed by atoms with Gasteiger partial charge < -0.3 is 5.32 Å². The zero-order chi connectivity index (χ0) is 10.5. The van der Waals surface area contributed by atoms with E-state index in [2.05, 4.69) is 10.2 Å². The maximum Gasteiger partial charge on any atom is 0.0198 e. The van der Waals surface area contributed by atoms with Gasteiger partial charge in [0.05, 0.1) is 0 Å². The van der Waals surface area contributed by atoms with Gasteiger partial charge in [-0.25, -0.2) is 0 Å². The highest BCUT2D eigenvalue weighted by Gasteiger charge is 2.43. The van der Waals surface area contributed by atoms with Crippen LogP contribution in [0.5, 0.6) is 0 Å². The minimum Gasteiger partial charge on any atom is -0.310 e. The SMILES string of the molecule is C1CC2CC1CC2N1CCC2CCC(C1)N2. The highest BCUT2D eigenvalue weighted by molar-refractivity contribution is 4.99. The Hall–Kier alpha value is -0.0800. The molecule has 2 heterocycles. The van der Waals surface area contributed by atoms with E-state index >= 15 is 0 Å². The molecule has 0 amide bonds. The molecule has 0 aromatic rings. The molecular weight excluding hydrogens is 196 g/mol. The molecule has 2 saturated heterocycles. The van der Waals surface area contributed by atoms with Crippen LogP contribution in [0.15, 0.2) is 0 Å². The average molecular weight is 220 g/mol. The molecule has 2 aliphatic carbocycles. The summed E-state index contributed by atoms with van der Waals surface area (Å²) < 4.78 is 0. The van der Waals surface area contributed by atoms with Crippen molar-refractivity contribution in [3.8, 4) is 0 Å². The molecule has 90 valence electrons. The van der Waals surface area contributed by atoms with E-state index in [4.69, 9.17) is 0 Å². The molecule has 5 atom stereocenters. The molecule has 4 bridgehead atoms. The van der Waals surface area contributed by atoms with Gasteiger partial charge in [-0.2, -0.15) is 0 Å². The van der Waals surface area contributed by atoms with Gasteiger partial charge >= 0.3 is 0 Å². The molecule has 2 saturated carbocycles. The molecule has 4 rings (SSSR count). The largest absolute Gasteiger partial charge is 0.310 e. The zero-order valence-corrected chi connectivity index (χ0v) is 10.2. The third kappa shape index (κ3) is 1.53.